The van der Waals surface area contributed by atoms with E-state index >= 15 is 0 Å². The van der Waals surface area contributed by atoms with Crippen LogP contribution in [0.15, 0.2) is 36.7 Å². The first-order valence-electron chi connectivity index (χ1n) is 6.78. The highest BCUT2D eigenvalue weighted by molar-refractivity contribution is 5.55. The SMILES string of the molecule is Cc1ccnc(-c2cc(CCCCCO)ccn2)c1. The van der Waals surface area contributed by atoms with Gasteiger partial charge in [0, 0.05) is 19.0 Å². The van der Waals surface area contributed by atoms with Crippen molar-refractivity contribution in [2.24, 2.45) is 0 Å². The Kier molecular flexibility index (Phi) is 5.04. The second-order valence-corrected chi connectivity index (χ2v) is 4.80. The molecule has 0 atom stereocenters. The second-order valence-electron chi connectivity index (χ2n) is 4.80. The molecule has 1 N–H and O–H groups in total. The number of aliphatic hydroxyl groups excluding tert-OH is 1. The molecule has 100 valence electrons. The summed E-state index contributed by atoms with van der Waals surface area (Å²) in [5.41, 5.74) is 4.34. The fourth-order valence-electron chi connectivity index (χ4n) is 2.06. The highest BCUT2D eigenvalue weighted by Gasteiger charge is 2.02. The van der Waals surface area contributed by atoms with Crippen LogP contribution in [0.2, 0.25) is 0 Å². The molecule has 2 heterocycles. The van der Waals surface area contributed by atoms with Gasteiger partial charge >= 0.3 is 0 Å². The van der Waals surface area contributed by atoms with Crippen LogP contribution in [0.5, 0.6) is 0 Å². The summed E-state index contributed by atoms with van der Waals surface area (Å²) in [6, 6.07) is 8.21. The molecule has 2 aromatic rings. The summed E-state index contributed by atoms with van der Waals surface area (Å²) in [6.07, 6.45) is 7.75. The maximum atomic E-state index is 8.76. The van der Waals surface area contributed by atoms with Crippen LogP contribution in [0.25, 0.3) is 11.4 Å². The molecule has 0 saturated carbocycles. The van der Waals surface area contributed by atoms with Gasteiger partial charge in [-0.05, 0) is 61.6 Å². The Morgan fingerprint density at radius 1 is 0.947 bits per heavy atom. The molecule has 2 aromatic heterocycles. The van der Waals surface area contributed by atoms with E-state index in [1.165, 1.54) is 11.1 Å². The number of aryl methyl sites for hydroxylation is 2. The van der Waals surface area contributed by atoms with Crippen LogP contribution in [0.4, 0.5) is 0 Å². The maximum absolute atomic E-state index is 8.76. The van der Waals surface area contributed by atoms with Crippen molar-refractivity contribution in [3.05, 3.63) is 47.8 Å². The zero-order chi connectivity index (χ0) is 13.5. The lowest BCUT2D eigenvalue weighted by molar-refractivity contribution is 0.283. The summed E-state index contributed by atoms with van der Waals surface area (Å²) in [4.78, 5) is 8.76. The fourth-order valence-corrected chi connectivity index (χ4v) is 2.06. The van der Waals surface area contributed by atoms with Crippen LogP contribution in [0.3, 0.4) is 0 Å². The zero-order valence-electron chi connectivity index (χ0n) is 11.3. The molecule has 3 nitrogen and oxygen atoms in total. The van der Waals surface area contributed by atoms with Crippen LogP contribution >= 0.6 is 0 Å². The van der Waals surface area contributed by atoms with Crippen LogP contribution in [-0.4, -0.2) is 21.7 Å². The minimum absolute atomic E-state index is 0.287. The van der Waals surface area contributed by atoms with E-state index in [-0.39, 0.29) is 6.61 Å². The minimum Gasteiger partial charge on any atom is -0.396 e. The molecule has 0 spiro atoms. The molecule has 0 aliphatic rings. The number of aliphatic hydroxyl groups is 1. The first-order valence-corrected chi connectivity index (χ1v) is 6.78. The lowest BCUT2D eigenvalue weighted by atomic mass is 10.1. The number of hydrogen-bond acceptors (Lipinski definition) is 3. The Labute approximate surface area is 114 Å². The maximum Gasteiger partial charge on any atom is 0.0888 e. The van der Waals surface area contributed by atoms with E-state index in [1.54, 1.807) is 0 Å². The molecule has 0 bridgehead atoms. The van der Waals surface area contributed by atoms with Crippen molar-refractivity contribution in [1.82, 2.24) is 9.97 Å². The number of rotatable bonds is 6. The Bertz CT molecular complexity index is 526. The number of pyridine rings is 2. The monoisotopic (exact) mass is 256 g/mol. The molecule has 0 aliphatic heterocycles. The van der Waals surface area contributed by atoms with Crippen LogP contribution in [0.1, 0.15) is 30.4 Å². The average molecular weight is 256 g/mol. The van der Waals surface area contributed by atoms with E-state index in [2.05, 4.69) is 35.1 Å². The van der Waals surface area contributed by atoms with E-state index in [4.69, 9.17) is 5.11 Å². The van der Waals surface area contributed by atoms with E-state index in [0.717, 1.165) is 37.1 Å². The van der Waals surface area contributed by atoms with E-state index in [9.17, 15) is 0 Å². The normalized spacial score (nSPS) is 10.6. The lowest BCUT2D eigenvalue weighted by Gasteiger charge is -2.05. The van der Waals surface area contributed by atoms with Gasteiger partial charge in [-0.25, -0.2) is 0 Å². The average Bonchev–Trinajstić information content (AvgIpc) is 2.44. The van der Waals surface area contributed by atoms with Crippen LogP contribution < -0.4 is 0 Å². The van der Waals surface area contributed by atoms with Gasteiger partial charge in [0.2, 0.25) is 0 Å². The highest BCUT2D eigenvalue weighted by atomic mass is 16.2. The molecule has 0 radical (unpaired) electrons. The number of unbranched alkanes of at least 4 members (excludes halogenated alkanes) is 2. The third kappa shape index (κ3) is 4.14. The summed E-state index contributed by atoms with van der Waals surface area (Å²) >= 11 is 0. The zero-order valence-corrected chi connectivity index (χ0v) is 11.3. The van der Waals surface area contributed by atoms with E-state index in [0.29, 0.717) is 0 Å². The van der Waals surface area contributed by atoms with Gasteiger partial charge in [0.15, 0.2) is 0 Å². The van der Waals surface area contributed by atoms with Crippen molar-refractivity contribution in [2.75, 3.05) is 6.61 Å². The highest BCUT2D eigenvalue weighted by Crippen LogP contribution is 2.17. The summed E-state index contributed by atoms with van der Waals surface area (Å²) in [7, 11) is 0. The van der Waals surface area contributed by atoms with Crippen molar-refractivity contribution >= 4 is 0 Å². The Balaban J connectivity index is 2.06. The predicted molar refractivity (Wildman–Crippen MR) is 76.8 cm³/mol. The molecule has 3 heteroatoms. The molecule has 0 fully saturated rings. The van der Waals surface area contributed by atoms with Crippen molar-refractivity contribution in [2.45, 2.75) is 32.6 Å². The van der Waals surface area contributed by atoms with Crippen LogP contribution in [-0.2, 0) is 6.42 Å². The topological polar surface area (TPSA) is 46.0 Å². The van der Waals surface area contributed by atoms with E-state index in [1.807, 2.05) is 18.5 Å². The van der Waals surface area contributed by atoms with Gasteiger partial charge in [0.25, 0.3) is 0 Å². The molecule has 2 rings (SSSR count). The van der Waals surface area contributed by atoms with Gasteiger partial charge in [-0.3, -0.25) is 9.97 Å². The fraction of sp³-hybridized carbons (Fsp3) is 0.375. The molecule has 19 heavy (non-hydrogen) atoms. The first-order chi connectivity index (χ1) is 9.29. The summed E-state index contributed by atoms with van der Waals surface area (Å²) in [5, 5.41) is 8.76. The smallest absolute Gasteiger partial charge is 0.0888 e. The van der Waals surface area contributed by atoms with Crippen molar-refractivity contribution in [1.29, 1.82) is 0 Å². The summed E-state index contributed by atoms with van der Waals surface area (Å²) < 4.78 is 0. The van der Waals surface area contributed by atoms with Gasteiger partial charge in [-0.15, -0.1) is 0 Å². The molecule has 0 saturated heterocycles. The van der Waals surface area contributed by atoms with Crippen molar-refractivity contribution in [3.8, 4) is 11.4 Å². The Morgan fingerprint density at radius 2 is 1.68 bits per heavy atom. The van der Waals surface area contributed by atoms with E-state index < -0.39 is 0 Å². The molecule has 0 amide bonds. The summed E-state index contributed by atoms with van der Waals surface area (Å²) in [6.45, 7) is 2.35. The Hall–Kier alpha value is -1.74. The van der Waals surface area contributed by atoms with Gasteiger partial charge in [0.1, 0.15) is 0 Å². The molecule has 0 unspecified atom stereocenters. The standard InChI is InChI=1S/C16H20N2O/c1-13-6-8-17-15(11-13)16-12-14(7-9-18-16)5-3-2-4-10-19/h6-9,11-12,19H,2-5,10H2,1H3. The van der Waals surface area contributed by atoms with Crippen LogP contribution in [0, 0.1) is 6.92 Å². The predicted octanol–water partition coefficient (Wildman–Crippen LogP) is 3.16. The Morgan fingerprint density at radius 3 is 2.42 bits per heavy atom. The molecule has 0 aromatic carbocycles. The largest absolute Gasteiger partial charge is 0.396 e. The number of hydrogen-bond donors (Lipinski definition) is 1. The van der Waals surface area contributed by atoms with Gasteiger partial charge in [-0.1, -0.05) is 6.42 Å². The minimum atomic E-state index is 0.287. The van der Waals surface area contributed by atoms with Gasteiger partial charge in [-0.2, -0.15) is 0 Å². The van der Waals surface area contributed by atoms with Crippen molar-refractivity contribution in [3.63, 3.8) is 0 Å². The summed E-state index contributed by atoms with van der Waals surface area (Å²) in [5.74, 6) is 0. The third-order valence-corrected chi connectivity index (χ3v) is 3.13. The lowest BCUT2D eigenvalue weighted by Crippen LogP contribution is -1.92. The molecule has 0 aliphatic carbocycles. The number of aromatic nitrogens is 2. The first kappa shape index (κ1) is 13.7. The molecular formula is C16H20N2O. The van der Waals surface area contributed by atoms with Gasteiger partial charge in [0.05, 0.1) is 11.4 Å². The molecular weight excluding hydrogens is 236 g/mol. The van der Waals surface area contributed by atoms with Crippen molar-refractivity contribution < 1.29 is 5.11 Å². The second kappa shape index (κ2) is 7.00. The van der Waals surface area contributed by atoms with Gasteiger partial charge < -0.3 is 5.11 Å². The number of nitrogens with zero attached hydrogens (tertiary/aromatic N) is 2. The quantitative estimate of drug-likeness (QED) is 0.807. The third-order valence-electron chi connectivity index (χ3n) is 3.13.